The van der Waals surface area contributed by atoms with E-state index in [4.69, 9.17) is 15.4 Å². The Morgan fingerprint density at radius 3 is 2.43 bits per heavy atom. The summed E-state index contributed by atoms with van der Waals surface area (Å²) in [5.41, 5.74) is 1.73. The van der Waals surface area contributed by atoms with Crippen LogP contribution in [0.1, 0.15) is 31.9 Å². The fourth-order valence-corrected chi connectivity index (χ4v) is 2.39. The van der Waals surface area contributed by atoms with E-state index in [9.17, 15) is 13.2 Å². The fourth-order valence-electron chi connectivity index (χ4n) is 1.67. The molecular weight excluding hydrogens is 314 g/mol. The molecule has 118 valence electrons. The number of halogens is 1. The molecular formula is C14H20ClNO4S. The number of carbonyl (C=O) groups excluding carboxylic acids is 1. The first-order chi connectivity index (χ1) is 9.46. The highest BCUT2D eigenvalue weighted by Crippen LogP contribution is 2.19. The van der Waals surface area contributed by atoms with Crippen molar-refractivity contribution in [2.45, 2.75) is 39.7 Å². The summed E-state index contributed by atoms with van der Waals surface area (Å²) in [4.78, 5) is 11.7. The van der Waals surface area contributed by atoms with Gasteiger partial charge in [-0.2, -0.15) is 0 Å². The second kappa shape index (κ2) is 6.66. The van der Waals surface area contributed by atoms with Gasteiger partial charge < -0.3 is 4.74 Å². The Bertz CT molecular complexity index is 620. The van der Waals surface area contributed by atoms with Gasteiger partial charge >= 0.3 is 6.09 Å². The molecule has 0 fully saturated rings. The number of anilines is 1. The maximum atomic E-state index is 11.7. The van der Waals surface area contributed by atoms with Crippen LogP contribution in [-0.2, 0) is 20.2 Å². The van der Waals surface area contributed by atoms with Gasteiger partial charge in [0.1, 0.15) is 5.60 Å². The Morgan fingerprint density at radius 2 is 1.95 bits per heavy atom. The third-order valence-electron chi connectivity index (χ3n) is 2.56. The molecule has 0 aliphatic rings. The van der Waals surface area contributed by atoms with E-state index in [0.717, 1.165) is 11.1 Å². The molecule has 0 heterocycles. The molecule has 1 amide bonds. The number of rotatable bonds is 4. The number of hydrogen-bond donors (Lipinski definition) is 1. The molecule has 7 heteroatoms. The van der Waals surface area contributed by atoms with Crippen molar-refractivity contribution in [3.63, 3.8) is 0 Å². The topological polar surface area (TPSA) is 72.5 Å². The van der Waals surface area contributed by atoms with Gasteiger partial charge in [-0.05, 0) is 51.3 Å². The highest BCUT2D eigenvalue weighted by Gasteiger charge is 2.16. The second-order valence-corrected chi connectivity index (χ2v) is 8.67. The summed E-state index contributed by atoms with van der Waals surface area (Å²) >= 11 is 0. The number of aryl methyl sites for hydroxylation is 2. The number of nitrogens with one attached hydrogen (secondary N) is 1. The molecule has 0 bridgehead atoms. The lowest BCUT2D eigenvalue weighted by Crippen LogP contribution is -2.27. The normalized spacial score (nSPS) is 12.0. The minimum absolute atomic E-state index is 0.118. The minimum atomic E-state index is -3.50. The third kappa shape index (κ3) is 7.34. The maximum absolute atomic E-state index is 11.7. The molecule has 0 atom stereocenters. The van der Waals surface area contributed by atoms with Crippen LogP contribution in [0, 0.1) is 6.92 Å². The number of hydrogen-bond acceptors (Lipinski definition) is 4. The molecule has 0 radical (unpaired) electrons. The van der Waals surface area contributed by atoms with Crippen molar-refractivity contribution in [3.05, 3.63) is 29.3 Å². The van der Waals surface area contributed by atoms with Gasteiger partial charge in [-0.15, -0.1) is 0 Å². The van der Waals surface area contributed by atoms with Crippen molar-refractivity contribution in [1.29, 1.82) is 0 Å². The Morgan fingerprint density at radius 1 is 1.33 bits per heavy atom. The van der Waals surface area contributed by atoms with Crippen LogP contribution in [0.2, 0.25) is 0 Å². The lowest BCUT2D eigenvalue weighted by molar-refractivity contribution is 0.0636. The van der Waals surface area contributed by atoms with Gasteiger partial charge in [-0.1, -0.05) is 12.1 Å². The van der Waals surface area contributed by atoms with Crippen LogP contribution >= 0.6 is 10.7 Å². The number of amides is 1. The van der Waals surface area contributed by atoms with E-state index in [2.05, 4.69) is 5.32 Å². The predicted octanol–water partition coefficient (Wildman–Crippen LogP) is 3.45. The molecule has 1 aromatic rings. The Hall–Kier alpha value is -1.27. The number of ether oxygens (including phenoxy) is 1. The van der Waals surface area contributed by atoms with E-state index < -0.39 is 20.7 Å². The highest BCUT2D eigenvalue weighted by molar-refractivity contribution is 8.13. The summed E-state index contributed by atoms with van der Waals surface area (Å²) < 4.78 is 27.0. The molecule has 0 aliphatic carbocycles. The van der Waals surface area contributed by atoms with E-state index in [1.807, 2.05) is 13.0 Å². The zero-order valence-corrected chi connectivity index (χ0v) is 14.1. The van der Waals surface area contributed by atoms with Crippen molar-refractivity contribution in [2.75, 3.05) is 11.1 Å². The first-order valence-corrected chi connectivity index (χ1v) is 8.96. The van der Waals surface area contributed by atoms with Crippen LogP contribution in [0.4, 0.5) is 10.5 Å². The van der Waals surface area contributed by atoms with Gasteiger partial charge in [-0.3, -0.25) is 5.32 Å². The maximum Gasteiger partial charge on any atom is 0.412 e. The number of benzene rings is 1. The standard InChI is InChI=1S/C14H20ClNO4S/c1-10-9-11(7-8-21(15,18)19)5-6-12(10)16-13(17)20-14(2,3)4/h5-6,9H,7-8H2,1-4H3,(H,16,17). The molecule has 0 aromatic heterocycles. The van der Waals surface area contributed by atoms with Gasteiger partial charge in [0, 0.05) is 16.4 Å². The van der Waals surface area contributed by atoms with E-state index >= 15 is 0 Å². The molecule has 5 nitrogen and oxygen atoms in total. The lowest BCUT2D eigenvalue weighted by Gasteiger charge is -2.20. The van der Waals surface area contributed by atoms with E-state index in [1.54, 1.807) is 32.9 Å². The highest BCUT2D eigenvalue weighted by atomic mass is 35.7. The van der Waals surface area contributed by atoms with Gasteiger partial charge in [0.2, 0.25) is 9.05 Å². The lowest BCUT2D eigenvalue weighted by atomic mass is 10.1. The summed E-state index contributed by atoms with van der Waals surface area (Å²) in [6, 6.07) is 5.28. The van der Waals surface area contributed by atoms with Crippen LogP contribution in [0.15, 0.2) is 18.2 Å². The molecule has 0 saturated carbocycles. The Labute approximate surface area is 130 Å². The van der Waals surface area contributed by atoms with Crippen molar-refractivity contribution >= 4 is 31.5 Å². The van der Waals surface area contributed by atoms with Crippen molar-refractivity contribution in [2.24, 2.45) is 0 Å². The largest absolute Gasteiger partial charge is 0.444 e. The van der Waals surface area contributed by atoms with Crippen molar-refractivity contribution in [1.82, 2.24) is 0 Å². The molecule has 0 unspecified atom stereocenters. The number of carbonyl (C=O) groups is 1. The molecule has 0 aliphatic heterocycles. The first-order valence-electron chi connectivity index (χ1n) is 6.48. The minimum Gasteiger partial charge on any atom is -0.444 e. The van der Waals surface area contributed by atoms with Gasteiger partial charge in [-0.25, -0.2) is 13.2 Å². The molecule has 0 spiro atoms. The van der Waals surface area contributed by atoms with Crippen LogP contribution in [0.5, 0.6) is 0 Å². The molecule has 1 N–H and O–H groups in total. The molecule has 0 saturated heterocycles. The Balaban J connectivity index is 2.72. The third-order valence-corrected chi connectivity index (χ3v) is 3.72. The summed E-state index contributed by atoms with van der Waals surface area (Å²) in [6.45, 7) is 7.19. The summed E-state index contributed by atoms with van der Waals surface area (Å²) in [6.07, 6.45) is -0.193. The van der Waals surface area contributed by atoms with E-state index in [-0.39, 0.29) is 5.75 Å². The van der Waals surface area contributed by atoms with Crippen LogP contribution in [0.25, 0.3) is 0 Å². The van der Waals surface area contributed by atoms with Crippen LogP contribution in [0.3, 0.4) is 0 Å². The summed E-state index contributed by atoms with van der Waals surface area (Å²) in [7, 11) is 1.68. The van der Waals surface area contributed by atoms with Crippen molar-refractivity contribution < 1.29 is 17.9 Å². The van der Waals surface area contributed by atoms with E-state index in [1.165, 1.54) is 0 Å². The summed E-state index contributed by atoms with van der Waals surface area (Å²) in [5, 5.41) is 2.66. The Kier molecular flexibility index (Phi) is 5.64. The molecule has 1 aromatic carbocycles. The van der Waals surface area contributed by atoms with Crippen LogP contribution in [-0.4, -0.2) is 25.9 Å². The smallest absolute Gasteiger partial charge is 0.412 e. The molecule has 1 rings (SSSR count). The monoisotopic (exact) mass is 333 g/mol. The van der Waals surface area contributed by atoms with E-state index in [0.29, 0.717) is 12.1 Å². The van der Waals surface area contributed by atoms with Crippen LogP contribution < -0.4 is 5.32 Å². The van der Waals surface area contributed by atoms with Gasteiger partial charge in [0.05, 0.1) is 5.75 Å². The average molecular weight is 334 g/mol. The second-order valence-electron chi connectivity index (χ2n) is 5.77. The van der Waals surface area contributed by atoms with Gasteiger partial charge in [0.25, 0.3) is 0 Å². The zero-order chi connectivity index (χ0) is 16.3. The summed E-state index contributed by atoms with van der Waals surface area (Å²) in [5.74, 6) is -0.118. The average Bonchev–Trinajstić information content (AvgIpc) is 2.26. The first kappa shape index (κ1) is 17.8. The SMILES string of the molecule is Cc1cc(CCS(=O)(=O)Cl)ccc1NC(=O)OC(C)(C)C. The van der Waals surface area contributed by atoms with Gasteiger partial charge in [0.15, 0.2) is 0 Å². The molecule has 21 heavy (non-hydrogen) atoms. The fraction of sp³-hybridized carbons (Fsp3) is 0.500. The van der Waals surface area contributed by atoms with Crippen molar-refractivity contribution in [3.8, 4) is 0 Å². The predicted molar refractivity (Wildman–Crippen MR) is 84.4 cm³/mol. The zero-order valence-electron chi connectivity index (χ0n) is 12.6. The quantitative estimate of drug-likeness (QED) is 0.856.